The average Bonchev–Trinajstić information content (AvgIpc) is 2.99. The number of hydrogen-bond acceptors (Lipinski definition) is 4. The van der Waals surface area contributed by atoms with Crippen LogP contribution >= 0.6 is 0 Å². The summed E-state index contributed by atoms with van der Waals surface area (Å²) in [6, 6.07) is 3.59. The van der Waals surface area contributed by atoms with Crippen molar-refractivity contribution in [3.63, 3.8) is 0 Å². The number of nitrogens with two attached hydrogens (primary N) is 1. The van der Waals surface area contributed by atoms with Gasteiger partial charge in [-0.3, -0.25) is 0 Å². The minimum Gasteiger partial charge on any atom is -0.496 e. The third-order valence-corrected chi connectivity index (χ3v) is 3.55. The van der Waals surface area contributed by atoms with Crippen molar-refractivity contribution in [1.82, 2.24) is 0 Å². The SMILES string of the molecule is COc1cc(OC)c(C(N)C2=CCCC2)cc1OC. The van der Waals surface area contributed by atoms with Crippen LogP contribution in [0.1, 0.15) is 30.9 Å². The molecule has 1 aromatic carbocycles. The number of benzene rings is 1. The van der Waals surface area contributed by atoms with E-state index in [0.717, 1.165) is 24.2 Å². The molecule has 0 aromatic heterocycles. The van der Waals surface area contributed by atoms with E-state index in [0.29, 0.717) is 11.5 Å². The second-order valence-corrected chi connectivity index (χ2v) is 4.60. The number of allylic oxidation sites excluding steroid dienone is 1. The maximum absolute atomic E-state index is 6.35. The van der Waals surface area contributed by atoms with E-state index in [1.54, 1.807) is 21.3 Å². The molecule has 0 saturated heterocycles. The first-order chi connectivity index (χ1) is 9.21. The lowest BCUT2D eigenvalue weighted by Gasteiger charge is -2.19. The van der Waals surface area contributed by atoms with E-state index in [2.05, 4.69) is 6.08 Å². The summed E-state index contributed by atoms with van der Waals surface area (Å²) in [4.78, 5) is 0. The molecule has 0 spiro atoms. The molecule has 1 unspecified atom stereocenters. The number of ether oxygens (including phenoxy) is 3. The summed E-state index contributed by atoms with van der Waals surface area (Å²) in [6.45, 7) is 0. The van der Waals surface area contributed by atoms with Crippen LogP contribution in [0.2, 0.25) is 0 Å². The first-order valence-electron chi connectivity index (χ1n) is 6.45. The van der Waals surface area contributed by atoms with Gasteiger partial charge in [-0.1, -0.05) is 11.6 Å². The van der Waals surface area contributed by atoms with Crippen LogP contribution in [0.4, 0.5) is 0 Å². The van der Waals surface area contributed by atoms with Crippen molar-refractivity contribution in [2.75, 3.05) is 21.3 Å². The Bertz CT molecular complexity index is 483. The van der Waals surface area contributed by atoms with Crippen LogP contribution in [-0.4, -0.2) is 21.3 Å². The highest BCUT2D eigenvalue weighted by molar-refractivity contribution is 5.53. The smallest absolute Gasteiger partial charge is 0.164 e. The van der Waals surface area contributed by atoms with Gasteiger partial charge in [0.05, 0.1) is 27.4 Å². The van der Waals surface area contributed by atoms with E-state index in [-0.39, 0.29) is 6.04 Å². The summed E-state index contributed by atoms with van der Waals surface area (Å²) < 4.78 is 16.0. The van der Waals surface area contributed by atoms with Crippen molar-refractivity contribution in [3.8, 4) is 17.2 Å². The van der Waals surface area contributed by atoms with Gasteiger partial charge in [-0.05, 0) is 25.3 Å². The lowest BCUT2D eigenvalue weighted by Crippen LogP contribution is -2.14. The second kappa shape index (κ2) is 5.97. The third-order valence-electron chi connectivity index (χ3n) is 3.55. The Hall–Kier alpha value is -1.68. The van der Waals surface area contributed by atoms with E-state index < -0.39 is 0 Å². The highest BCUT2D eigenvalue weighted by Crippen LogP contribution is 2.40. The summed E-state index contributed by atoms with van der Waals surface area (Å²) >= 11 is 0. The van der Waals surface area contributed by atoms with Gasteiger partial charge in [-0.2, -0.15) is 0 Å². The molecule has 1 aliphatic carbocycles. The molecule has 1 aliphatic rings. The molecule has 0 saturated carbocycles. The van der Waals surface area contributed by atoms with Crippen LogP contribution in [0.5, 0.6) is 17.2 Å². The Kier molecular flexibility index (Phi) is 4.32. The molecule has 0 heterocycles. The van der Waals surface area contributed by atoms with Crippen LogP contribution < -0.4 is 19.9 Å². The van der Waals surface area contributed by atoms with Gasteiger partial charge in [0.15, 0.2) is 11.5 Å². The van der Waals surface area contributed by atoms with Crippen LogP contribution in [-0.2, 0) is 0 Å². The van der Waals surface area contributed by atoms with E-state index in [9.17, 15) is 0 Å². The molecule has 104 valence electrons. The molecule has 0 bridgehead atoms. The molecule has 2 N–H and O–H groups in total. The molecular formula is C15H21NO3. The molecule has 0 fully saturated rings. The van der Waals surface area contributed by atoms with Gasteiger partial charge in [-0.15, -0.1) is 0 Å². The zero-order valence-electron chi connectivity index (χ0n) is 11.7. The van der Waals surface area contributed by atoms with E-state index in [1.807, 2.05) is 12.1 Å². The fourth-order valence-electron chi connectivity index (χ4n) is 2.47. The normalized spacial score (nSPS) is 15.9. The molecule has 0 aliphatic heterocycles. The highest BCUT2D eigenvalue weighted by atomic mass is 16.5. The molecule has 2 rings (SSSR count). The van der Waals surface area contributed by atoms with Crippen molar-refractivity contribution < 1.29 is 14.2 Å². The summed E-state index contributed by atoms with van der Waals surface area (Å²) in [5.74, 6) is 2.06. The Labute approximate surface area is 114 Å². The van der Waals surface area contributed by atoms with Gasteiger partial charge in [0.25, 0.3) is 0 Å². The predicted molar refractivity (Wildman–Crippen MR) is 75.0 cm³/mol. The molecule has 1 aromatic rings. The molecule has 4 nitrogen and oxygen atoms in total. The Balaban J connectivity index is 2.42. The summed E-state index contributed by atoms with van der Waals surface area (Å²) in [6.07, 6.45) is 5.57. The largest absolute Gasteiger partial charge is 0.496 e. The third kappa shape index (κ3) is 2.68. The lowest BCUT2D eigenvalue weighted by molar-refractivity contribution is 0.347. The Morgan fingerprint density at radius 3 is 2.16 bits per heavy atom. The molecule has 1 atom stereocenters. The van der Waals surface area contributed by atoms with Gasteiger partial charge < -0.3 is 19.9 Å². The zero-order chi connectivity index (χ0) is 13.8. The fourth-order valence-corrected chi connectivity index (χ4v) is 2.47. The lowest BCUT2D eigenvalue weighted by atomic mass is 9.97. The molecule has 19 heavy (non-hydrogen) atoms. The van der Waals surface area contributed by atoms with E-state index >= 15 is 0 Å². The molecule has 0 radical (unpaired) electrons. The summed E-state index contributed by atoms with van der Waals surface area (Å²) in [7, 11) is 4.87. The molecule has 0 amide bonds. The van der Waals surface area contributed by atoms with E-state index in [4.69, 9.17) is 19.9 Å². The first-order valence-corrected chi connectivity index (χ1v) is 6.45. The summed E-state index contributed by atoms with van der Waals surface area (Å²) in [5, 5.41) is 0. The van der Waals surface area contributed by atoms with Crippen molar-refractivity contribution in [2.24, 2.45) is 5.73 Å². The van der Waals surface area contributed by atoms with Crippen molar-refractivity contribution in [2.45, 2.75) is 25.3 Å². The molecular weight excluding hydrogens is 242 g/mol. The van der Waals surface area contributed by atoms with Crippen molar-refractivity contribution >= 4 is 0 Å². The van der Waals surface area contributed by atoms with Crippen LogP contribution in [0.15, 0.2) is 23.8 Å². The maximum Gasteiger partial charge on any atom is 0.164 e. The number of methoxy groups -OCH3 is 3. The van der Waals surface area contributed by atoms with Crippen molar-refractivity contribution in [1.29, 1.82) is 0 Å². The quantitative estimate of drug-likeness (QED) is 0.830. The predicted octanol–water partition coefficient (Wildman–Crippen LogP) is 2.82. The number of rotatable bonds is 5. The van der Waals surface area contributed by atoms with Gasteiger partial charge in [0, 0.05) is 11.6 Å². The van der Waals surface area contributed by atoms with Crippen LogP contribution in [0, 0.1) is 0 Å². The second-order valence-electron chi connectivity index (χ2n) is 4.60. The van der Waals surface area contributed by atoms with Crippen LogP contribution in [0.25, 0.3) is 0 Å². The highest BCUT2D eigenvalue weighted by Gasteiger charge is 2.21. The summed E-state index contributed by atoms with van der Waals surface area (Å²) in [5.41, 5.74) is 8.55. The van der Waals surface area contributed by atoms with Gasteiger partial charge >= 0.3 is 0 Å². The average molecular weight is 263 g/mol. The van der Waals surface area contributed by atoms with Gasteiger partial charge in [0.1, 0.15) is 5.75 Å². The minimum atomic E-state index is -0.141. The van der Waals surface area contributed by atoms with Gasteiger partial charge in [-0.25, -0.2) is 0 Å². The van der Waals surface area contributed by atoms with E-state index in [1.165, 1.54) is 12.0 Å². The Morgan fingerprint density at radius 2 is 1.63 bits per heavy atom. The Morgan fingerprint density at radius 1 is 1.00 bits per heavy atom. The monoisotopic (exact) mass is 263 g/mol. The van der Waals surface area contributed by atoms with Crippen molar-refractivity contribution in [3.05, 3.63) is 29.3 Å². The zero-order valence-corrected chi connectivity index (χ0v) is 11.7. The fraction of sp³-hybridized carbons (Fsp3) is 0.467. The minimum absolute atomic E-state index is 0.141. The first kappa shape index (κ1) is 13.7. The standard InChI is InChI=1S/C15H21NO3/c1-17-12-9-14(19-3)13(18-2)8-11(12)15(16)10-6-4-5-7-10/h6,8-9,15H,4-5,7,16H2,1-3H3. The maximum atomic E-state index is 6.35. The van der Waals surface area contributed by atoms with Crippen LogP contribution in [0.3, 0.4) is 0 Å². The molecule has 4 heteroatoms. The van der Waals surface area contributed by atoms with Gasteiger partial charge in [0.2, 0.25) is 0 Å². The topological polar surface area (TPSA) is 53.7 Å². The number of hydrogen-bond donors (Lipinski definition) is 1.